The molecule has 2 rings (SSSR count). The lowest BCUT2D eigenvalue weighted by Crippen LogP contribution is -2.54. The van der Waals surface area contributed by atoms with Gasteiger partial charge in [-0.15, -0.1) is 0 Å². The van der Waals surface area contributed by atoms with Gasteiger partial charge in [0.05, 0.1) is 11.2 Å². The molecule has 6 nitrogen and oxygen atoms in total. The number of rotatable bonds is 1. The molecule has 0 aromatic carbocycles. The van der Waals surface area contributed by atoms with Crippen LogP contribution in [-0.4, -0.2) is 39.5 Å². The molecule has 0 bridgehead atoms. The molecule has 1 fully saturated rings. The summed E-state index contributed by atoms with van der Waals surface area (Å²) in [6.07, 6.45) is 3.24. The molecule has 0 radical (unpaired) electrons. The molecule has 1 amide bonds. The summed E-state index contributed by atoms with van der Waals surface area (Å²) in [5.74, 6) is 0. The summed E-state index contributed by atoms with van der Waals surface area (Å²) in [4.78, 5) is 13.8. The highest BCUT2D eigenvalue weighted by molar-refractivity contribution is 5.68. The van der Waals surface area contributed by atoms with Crippen LogP contribution in [0.1, 0.15) is 39.3 Å². The molecule has 0 spiro atoms. The van der Waals surface area contributed by atoms with Gasteiger partial charge < -0.3 is 15.4 Å². The van der Waals surface area contributed by atoms with Gasteiger partial charge in [0.1, 0.15) is 5.60 Å². The fraction of sp³-hybridized carbons (Fsp3) is 0.714. The summed E-state index contributed by atoms with van der Waals surface area (Å²) in [7, 11) is 1.86. The van der Waals surface area contributed by atoms with Crippen molar-refractivity contribution in [1.29, 1.82) is 0 Å². The highest BCUT2D eigenvalue weighted by atomic mass is 16.6. The first-order valence-corrected chi connectivity index (χ1v) is 6.97. The number of nitrogens with two attached hydrogens (primary N) is 1. The van der Waals surface area contributed by atoms with E-state index in [-0.39, 0.29) is 6.09 Å². The van der Waals surface area contributed by atoms with E-state index in [0.717, 1.165) is 18.5 Å². The van der Waals surface area contributed by atoms with Crippen LogP contribution in [0.3, 0.4) is 0 Å². The van der Waals surface area contributed by atoms with Crippen LogP contribution in [-0.2, 0) is 17.3 Å². The largest absolute Gasteiger partial charge is 0.444 e. The van der Waals surface area contributed by atoms with Gasteiger partial charge in [-0.25, -0.2) is 4.79 Å². The molecule has 1 aliphatic heterocycles. The van der Waals surface area contributed by atoms with Gasteiger partial charge in [0.2, 0.25) is 0 Å². The Morgan fingerprint density at radius 2 is 2.20 bits per heavy atom. The van der Waals surface area contributed by atoms with Crippen LogP contribution in [0, 0.1) is 0 Å². The predicted octanol–water partition coefficient (Wildman–Crippen LogP) is 1.60. The zero-order valence-electron chi connectivity index (χ0n) is 12.7. The van der Waals surface area contributed by atoms with Crippen molar-refractivity contribution in [2.45, 2.75) is 44.8 Å². The second kappa shape index (κ2) is 5.09. The Balaban J connectivity index is 2.10. The first-order valence-electron chi connectivity index (χ1n) is 6.97. The molecule has 1 aliphatic rings. The zero-order valence-corrected chi connectivity index (χ0v) is 12.7. The Bertz CT molecular complexity index is 492. The van der Waals surface area contributed by atoms with Crippen LogP contribution >= 0.6 is 0 Å². The van der Waals surface area contributed by atoms with Gasteiger partial charge in [0.25, 0.3) is 0 Å². The third-order valence-corrected chi connectivity index (χ3v) is 3.40. The van der Waals surface area contributed by atoms with E-state index < -0.39 is 11.1 Å². The minimum absolute atomic E-state index is 0.303. The van der Waals surface area contributed by atoms with Crippen molar-refractivity contribution >= 4 is 6.09 Å². The number of likely N-dealkylation sites (tertiary alicyclic amines) is 1. The Kier molecular flexibility index (Phi) is 3.77. The van der Waals surface area contributed by atoms with Gasteiger partial charge in [-0.3, -0.25) is 4.68 Å². The number of hydrogen-bond donors (Lipinski definition) is 1. The maximum absolute atomic E-state index is 12.2. The molecule has 1 unspecified atom stereocenters. The van der Waals surface area contributed by atoms with Crippen LogP contribution in [0.25, 0.3) is 0 Å². The third-order valence-electron chi connectivity index (χ3n) is 3.40. The topological polar surface area (TPSA) is 73.4 Å². The average molecular weight is 280 g/mol. The minimum Gasteiger partial charge on any atom is -0.444 e. The summed E-state index contributed by atoms with van der Waals surface area (Å²) < 4.78 is 7.15. The molecule has 1 saturated heterocycles. The van der Waals surface area contributed by atoms with Crippen LogP contribution in [0.5, 0.6) is 0 Å². The van der Waals surface area contributed by atoms with Gasteiger partial charge in [-0.2, -0.15) is 5.10 Å². The summed E-state index contributed by atoms with van der Waals surface area (Å²) >= 11 is 0. The molecule has 0 saturated carbocycles. The van der Waals surface area contributed by atoms with Gasteiger partial charge in [-0.05, 0) is 39.7 Å². The number of carbonyl (C=O) groups excluding carboxylic acids is 1. The van der Waals surface area contributed by atoms with Crippen molar-refractivity contribution < 1.29 is 9.53 Å². The highest BCUT2D eigenvalue weighted by Crippen LogP contribution is 2.28. The first kappa shape index (κ1) is 14.8. The molecule has 1 atom stereocenters. The fourth-order valence-electron chi connectivity index (χ4n) is 2.46. The summed E-state index contributed by atoms with van der Waals surface area (Å²) in [5.41, 5.74) is 6.21. The maximum atomic E-state index is 12.2. The van der Waals surface area contributed by atoms with Crippen LogP contribution in [0.4, 0.5) is 4.79 Å². The lowest BCUT2D eigenvalue weighted by Gasteiger charge is -2.39. The quantitative estimate of drug-likeness (QED) is 0.848. The van der Waals surface area contributed by atoms with E-state index in [1.807, 2.05) is 40.1 Å². The van der Waals surface area contributed by atoms with Crippen molar-refractivity contribution in [3.05, 3.63) is 18.0 Å². The summed E-state index contributed by atoms with van der Waals surface area (Å²) in [5, 5.41) is 4.39. The number of amides is 1. The lowest BCUT2D eigenvalue weighted by atomic mass is 9.87. The van der Waals surface area contributed by atoms with Gasteiger partial charge >= 0.3 is 6.09 Å². The lowest BCUT2D eigenvalue weighted by molar-refractivity contribution is 0.0134. The third kappa shape index (κ3) is 3.30. The zero-order chi connectivity index (χ0) is 15.0. The number of piperidine rings is 1. The molecule has 0 aliphatic carbocycles. The van der Waals surface area contributed by atoms with Crippen molar-refractivity contribution in [1.82, 2.24) is 14.7 Å². The van der Waals surface area contributed by atoms with Crippen LogP contribution < -0.4 is 5.73 Å². The summed E-state index contributed by atoms with van der Waals surface area (Å²) in [6.45, 7) is 6.72. The molecular weight excluding hydrogens is 256 g/mol. The van der Waals surface area contributed by atoms with E-state index in [2.05, 4.69) is 5.10 Å². The molecule has 2 N–H and O–H groups in total. The number of aromatic nitrogens is 2. The van der Waals surface area contributed by atoms with E-state index in [0.29, 0.717) is 13.1 Å². The van der Waals surface area contributed by atoms with Crippen LogP contribution in [0.2, 0.25) is 0 Å². The molecule has 112 valence electrons. The second-order valence-corrected chi connectivity index (χ2v) is 6.54. The SMILES string of the molecule is Cn1ccc(C2(N)CCCN(C(=O)OC(C)(C)C)C2)n1. The van der Waals surface area contributed by atoms with Gasteiger partial charge in [0, 0.05) is 26.3 Å². The Labute approximate surface area is 119 Å². The van der Waals surface area contributed by atoms with E-state index in [1.165, 1.54) is 0 Å². The average Bonchev–Trinajstić information content (AvgIpc) is 2.74. The smallest absolute Gasteiger partial charge is 0.410 e. The number of hydrogen-bond acceptors (Lipinski definition) is 4. The first-order chi connectivity index (χ1) is 9.20. The number of carbonyl (C=O) groups is 1. The molecule has 6 heteroatoms. The van der Waals surface area contributed by atoms with Crippen molar-refractivity contribution in [2.24, 2.45) is 12.8 Å². The van der Waals surface area contributed by atoms with E-state index in [4.69, 9.17) is 10.5 Å². The standard InChI is InChI=1S/C14H24N4O2/c1-13(2,3)20-12(19)18-8-5-7-14(15,10-18)11-6-9-17(4)16-11/h6,9H,5,7-8,10,15H2,1-4H3. The Morgan fingerprint density at radius 3 is 2.75 bits per heavy atom. The van der Waals surface area contributed by atoms with Crippen molar-refractivity contribution in [2.75, 3.05) is 13.1 Å². The number of nitrogens with zero attached hydrogens (tertiary/aromatic N) is 3. The summed E-state index contributed by atoms with van der Waals surface area (Å²) in [6, 6.07) is 1.92. The second-order valence-electron chi connectivity index (χ2n) is 6.54. The molecule has 20 heavy (non-hydrogen) atoms. The highest BCUT2D eigenvalue weighted by Gasteiger charge is 2.38. The van der Waals surface area contributed by atoms with E-state index >= 15 is 0 Å². The molecule has 1 aromatic heterocycles. The van der Waals surface area contributed by atoms with E-state index in [9.17, 15) is 4.79 Å². The van der Waals surface area contributed by atoms with Gasteiger partial charge in [0.15, 0.2) is 0 Å². The Hall–Kier alpha value is -1.56. The van der Waals surface area contributed by atoms with Gasteiger partial charge in [-0.1, -0.05) is 0 Å². The molecule has 2 heterocycles. The predicted molar refractivity (Wildman–Crippen MR) is 76.1 cm³/mol. The Morgan fingerprint density at radius 1 is 1.50 bits per heavy atom. The monoisotopic (exact) mass is 280 g/mol. The normalized spacial score (nSPS) is 23.8. The number of aryl methyl sites for hydroxylation is 1. The molecular formula is C14H24N4O2. The fourth-order valence-corrected chi connectivity index (χ4v) is 2.46. The van der Waals surface area contributed by atoms with Crippen molar-refractivity contribution in [3.63, 3.8) is 0 Å². The van der Waals surface area contributed by atoms with Crippen LogP contribution in [0.15, 0.2) is 12.3 Å². The minimum atomic E-state index is -0.587. The molecule has 1 aromatic rings. The maximum Gasteiger partial charge on any atom is 0.410 e. The number of ether oxygens (including phenoxy) is 1. The van der Waals surface area contributed by atoms with E-state index in [1.54, 1.807) is 9.58 Å². The van der Waals surface area contributed by atoms with Crippen molar-refractivity contribution in [3.8, 4) is 0 Å².